The molecular formula is C25H31FN6O4. The van der Waals surface area contributed by atoms with Crippen LogP contribution in [0.2, 0.25) is 0 Å². The molecule has 0 atom stereocenters. The smallest absolute Gasteiger partial charge is 0.410 e. The van der Waals surface area contributed by atoms with Crippen LogP contribution >= 0.6 is 0 Å². The third kappa shape index (κ3) is 5.74. The van der Waals surface area contributed by atoms with E-state index in [4.69, 9.17) is 20.3 Å². The number of benzene rings is 1. The van der Waals surface area contributed by atoms with Crippen LogP contribution in [0.25, 0.3) is 21.9 Å². The zero-order valence-corrected chi connectivity index (χ0v) is 20.4. The monoisotopic (exact) mass is 498 g/mol. The van der Waals surface area contributed by atoms with Crippen molar-refractivity contribution in [2.45, 2.75) is 26.2 Å². The number of halogens is 1. The maximum atomic E-state index is 15.0. The molecule has 0 spiro atoms. The van der Waals surface area contributed by atoms with Crippen LogP contribution in [0.15, 0.2) is 24.5 Å². The molecule has 3 aromatic rings. The van der Waals surface area contributed by atoms with Gasteiger partial charge in [0, 0.05) is 42.1 Å². The van der Waals surface area contributed by atoms with Crippen LogP contribution in [0.5, 0.6) is 5.88 Å². The minimum atomic E-state index is -1.24. The second-order valence-electron chi connectivity index (χ2n) is 8.80. The Kier molecular flexibility index (Phi) is 8.01. The molecule has 5 rings (SSSR count). The van der Waals surface area contributed by atoms with E-state index in [-0.39, 0.29) is 17.1 Å². The van der Waals surface area contributed by atoms with Gasteiger partial charge in [-0.15, -0.1) is 0 Å². The lowest BCUT2D eigenvalue weighted by Gasteiger charge is -2.22. The number of hydrogen-bond donors (Lipinski definition) is 4. The van der Waals surface area contributed by atoms with Gasteiger partial charge in [0.2, 0.25) is 5.88 Å². The van der Waals surface area contributed by atoms with Crippen molar-refractivity contribution in [1.29, 1.82) is 0 Å². The van der Waals surface area contributed by atoms with Gasteiger partial charge in [0.05, 0.1) is 12.4 Å². The maximum absolute atomic E-state index is 15.0. The first-order chi connectivity index (χ1) is 17.3. The Bertz CT molecular complexity index is 1250. The first kappa shape index (κ1) is 25.4. The van der Waals surface area contributed by atoms with Gasteiger partial charge < -0.3 is 25.6 Å². The van der Waals surface area contributed by atoms with Gasteiger partial charge in [-0.2, -0.15) is 0 Å². The van der Waals surface area contributed by atoms with Crippen molar-refractivity contribution in [3.63, 3.8) is 0 Å². The predicted molar refractivity (Wildman–Crippen MR) is 137 cm³/mol. The standard InChI is InChI=1S/C18H16FN5O3.C7H15NO/c1-8-11(6-23-17-16(8)21-2-3-27-17)10-4-9-5-13(24-18(25)26)22-7-12(9)15(20)14(10)19;1-8-5-3-2-4-6-9-7-8/h4-7,21H,2-3,20H2,1H3,(H,22,24)(H,25,26);2-7H2,1H3. The number of hydrogen-bond acceptors (Lipinski definition) is 8. The highest BCUT2D eigenvalue weighted by atomic mass is 19.1. The van der Waals surface area contributed by atoms with Crippen molar-refractivity contribution in [2.24, 2.45) is 0 Å². The average molecular weight is 499 g/mol. The summed E-state index contributed by atoms with van der Waals surface area (Å²) in [6, 6.07) is 3.11. The SMILES string of the molecule is CN1CCCCCOC1.Cc1c(-c2cc3cc(NC(=O)O)ncc3c(N)c2F)cnc2c1NCCO2. The molecule has 10 nitrogen and oxygen atoms in total. The van der Waals surface area contributed by atoms with Gasteiger partial charge in [-0.3, -0.25) is 10.2 Å². The normalized spacial score (nSPS) is 15.9. The highest BCUT2D eigenvalue weighted by Gasteiger charge is 2.21. The van der Waals surface area contributed by atoms with Crippen LogP contribution in [0.1, 0.15) is 24.8 Å². The Balaban J connectivity index is 0.000000286. The summed E-state index contributed by atoms with van der Waals surface area (Å²) in [7, 11) is 2.10. The Hall–Kier alpha value is -3.70. The van der Waals surface area contributed by atoms with Crippen LogP contribution in [0.4, 0.5) is 26.4 Å². The zero-order chi connectivity index (χ0) is 25.7. The van der Waals surface area contributed by atoms with Crippen LogP contribution in [0, 0.1) is 12.7 Å². The van der Waals surface area contributed by atoms with Gasteiger partial charge in [-0.05, 0) is 62.9 Å². The summed E-state index contributed by atoms with van der Waals surface area (Å²) in [4.78, 5) is 21.3. The van der Waals surface area contributed by atoms with E-state index in [9.17, 15) is 9.18 Å². The van der Waals surface area contributed by atoms with Gasteiger partial charge in [-0.25, -0.2) is 19.2 Å². The molecule has 192 valence electrons. The van der Waals surface area contributed by atoms with Gasteiger partial charge in [-0.1, -0.05) is 0 Å². The fraction of sp³-hybridized carbons (Fsp3) is 0.400. The second-order valence-corrected chi connectivity index (χ2v) is 8.80. The first-order valence-corrected chi connectivity index (χ1v) is 11.9. The van der Waals surface area contributed by atoms with E-state index in [1.165, 1.54) is 38.1 Å². The molecule has 5 N–H and O–H groups in total. The summed E-state index contributed by atoms with van der Waals surface area (Å²) in [5.74, 6) is 0.0287. The number of nitrogens with zero attached hydrogens (tertiary/aromatic N) is 3. The molecule has 1 amide bonds. The summed E-state index contributed by atoms with van der Waals surface area (Å²) >= 11 is 0. The third-order valence-electron chi connectivity index (χ3n) is 6.11. The lowest BCUT2D eigenvalue weighted by atomic mass is 9.97. The second kappa shape index (κ2) is 11.4. The molecule has 1 fully saturated rings. The highest BCUT2D eigenvalue weighted by molar-refractivity contribution is 5.99. The van der Waals surface area contributed by atoms with Crippen LogP contribution in [0.3, 0.4) is 0 Å². The molecule has 0 unspecified atom stereocenters. The van der Waals surface area contributed by atoms with Crippen molar-refractivity contribution >= 4 is 34.1 Å². The Morgan fingerprint density at radius 3 is 2.83 bits per heavy atom. The lowest BCUT2D eigenvalue weighted by molar-refractivity contribution is 0.0290. The number of amides is 1. The first-order valence-electron chi connectivity index (χ1n) is 11.9. The number of carboxylic acid groups (broad SMARTS) is 1. The predicted octanol–water partition coefficient (Wildman–Crippen LogP) is 4.30. The van der Waals surface area contributed by atoms with E-state index in [2.05, 4.69) is 32.5 Å². The minimum absolute atomic E-state index is 0.0572. The van der Waals surface area contributed by atoms with Crippen LogP contribution in [-0.4, -0.2) is 66.1 Å². The molecule has 2 aliphatic rings. The van der Waals surface area contributed by atoms with E-state index in [0.717, 1.165) is 24.6 Å². The quantitative estimate of drug-likeness (QED) is 0.382. The number of nitrogens with one attached hydrogen (secondary N) is 2. The maximum Gasteiger partial charge on any atom is 0.410 e. The number of fused-ring (bicyclic) bond motifs is 2. The van der Waals surface area contributed by atoms with Crippen LogP contribution in [-0.2, 0) is 4.74 Å². The Labute approximate surface area is 208 Å². The minimum Gasteiger partial charge on any atom is -0.474 e. The molecule has 1 saturated heterocycles. The number of rotatable bonds is 2. The molecule has 36 heavy (non-hydrogen) atoms. The van der Waals surface area contributed by atoms with E-state index < -0.39 is 11.9 Å². The van der Waals surface area contributed by atoms with E-state index in [1.54, 1.807) is 12.3 Å². The fourth-order valence-corrected chi connectivity index (χ4v) is 4.21. The molecule has 11 heteroatoms. The number of carbonyl (C=O) groups is 1. The summed E-state index contributed by atoms with van der Waals surface area (Å²) in [5.41, 5.74) is 8.28. The van der Waals surface area contributed by atoms with Crippen molar-refractivity contribution in [1.82, 2.24) is 14.9 Å². The summed E-state index contributed by atoms with van der Waals surface area (Å²) in [6.07, 6.45) is 5.55. The van der Waals surface area contributed by atoms with Crippen molar-refractivity contribution in [3.8, 4) is 17.0 Å². The molecule has 0 bridgehead atoms. The Morgan fingerprint density at radius 1 is 1.19 bits per heavy atom. The van der Waals surface area contributed by atoms with E-state index in [0.29, 0.717) is 35.4 Å². The molecule has 2 aromatic heterocycles. The Morgan fingerprint density at radius 2 is 2.03 bits per heavy atom. The van der Waals surface area contributed by atoms with E-state index in [1.807, 2.05) is 6.92 Å². The van der Waals surface area contributed by atoms with Crippen molar-refractivity contribution in [3.05, 3.63) is 35.9 Å². The highest BCUT2D eigenvalue weighted by Crippen LogP contribution is 2.39. The van der Waals surface area contributed by atoms with Gasteiger partial charge >= 0.3 is 6.09 Å². The van der Waals surface area contributed by atoms with Crippen LogP contribution < -0.4 is 21.1 Å². The summed E-state index contributed by atoms with van der Waals surface area (Å²) < 4.78 is 25.8. The fourth-order valence-electron chi connectivity index (χ4n) is 4.21. The molecule has 1 aromatic carbocycles. The summed E-state index contributed by atoms with van der Waals surface area (Å²) in [5, 5.41) is 15.2. The molecule has 0 saturated carbocycles. The molecule has 2 aliphatic heterocycles. The summed E-state index contributed by atoms with van der Waals surface area (Å²) in [6.45, 7) is 5.96. The van der Waals surface area contributed by atoms with Gasteiger partial charge in [0.15, 0.2) is 5.82 Å². The topological polar surface area (TPSA) is 135 Å². The largest absolute Gasteiger partial charge is 0.474 e. The lowest BCUT2D eigenvalue weighted by Crippen LogP contribution is -2.25. The molecule has 0 radical (unpaired) electrons. The number of nitrogens with two attached hydrogens (primary N) is 1. The average Bonchev–Trinajstić information content (AvgIpc) is 2.84. The van der Waals surface area contributed by atoms with Gasteiger partial charge in [0.25, 0.3) is 0 Å². The van der Waals surface area contributed by atoms with Crippen molar-refractivity contribution in [2.75, 3.05) is 56.4 Å². The number of anilines is 3. The van der Waals surface area contributed by atoms with Gasteiger partial charge in [0.1, 0.15) is 18.1 Å². The zero-order valence-electron chi connectivity index (χ0n) is 20.4. The third-order valence-corrected chi connectivity index (χ3v) is 6.11. The molecule has 4 heterocycles. The number of aromatic nitrogens is 2. The number of nitrogen functional groups attached to an aromatic ring is 1. The number of ether oxygens (including phenoxy) is 2. The molecule has 0 aliphatic carbocycles. The number of pyridine rings is 2. The molecular weight excluding hydrogens is 467 g/mol. The van der Waals surface area contributed by atoms with Crippen molar-refractivity contribution < 1.29 is 23.8 Å². The van der Waals surface area contributed by atoms with E-state index >= 15 is 0 Å².